The highest BCUT2D eigenvalue weighted by atomic mass is 35.5. The van der Waals surface area contributed by atoms with Crippen LogP contribution in [0.25, 0.3) is 10.8 Å². The molecule has 2 aromatic carbocycles. The van der Waals surface area contributed by atoms with Gasteiger partial charge >= 0.3 is 0 Å². The molecule has 2 rings (SSSR count). The Morgan fingerprint density at radius 3 is 2.56 bits per heavy atom. The van der Waals surface area contributed by atoms with Gasteiger partial charge in [0.1, 0.15) is 5.75 Å². The maximum atomic E-state index is 11.0. The molecule has 0 aliphatic carbocycles. The lowest BCUT2D eigenvalue weighted by Gasteiger charge is -2.05. The third-order valence-corrected chi connectivity index (χ3v) is 2.57. The van der Waals surface area contributed by atoms with Gasteiger partial charge in [-0.15, -0.1) is 0 Å². The van der Waals surface area contributed by atoms with Crippen LogP contribution in [0, 0.1) is 0 Å². The number of fused-ring (bicyclic) bond motifs is 1. The summed E-state index contributed by atoms with van der Waals surface area (Å²) >= 11 is 5.42. The summed E-state index contributed by atoms with van der Waals surface area (Å²) in [6.45, 7) is 2.59. The van der Waals surface area contributed by atoms with Crippen molar-refractivity contribution in [3.63, 3.8) is 0 Å². The molecule has 0 amide bonds. The maximum absolute atomic E-state index is 11.0. The molecule has 0 saturated heterocycles. The number of benzene rings is 2. The van der Waals surface area contributed by atoms with E-state index in [1.165, 1.54) is 0 Å². The minimum atomic E-state index is -0.434. The first kappa shape index (κ1) is 11.0. The van der Waals surface area contributed by atoms with Crippen molar-refractivity contribution in [3.05, 3.63) is 42.0 Å². The van der Waals surface area contributed by atoms with E-state index in [-0.39, 0.29) is 0 Å². The Hall–Kier alpha value is -1.54. The largest absolute Gasteiger partial charge is 0.494 e. The molecule has 0 atom stereocenters. The molecule has 0 saturated carbocycles. The van der Waals surface area contributed by atoms with E-state index >= 15 is 0 Å². The smallest absolute Gasteiger partial charge is 0.252 e. The maximum Gasteiger partial charge on any atom is 0.252 e. The second kappa shape index (κ2) is 4.54. The SMILES string of the molecule is CCOc1ccc2cc(C(=O)Cl)ccc2c1. The van der Waals surface area contributed by atoms with E-state index in [9.17, 15) is 4.79 Å². The van der Waals surface area contributed by atoms with E-state index in [4.69, 9.17) is 16.3 Å². The minimum absolute atomic E-state index is 0.434. The fourth-order valence-corrected chi connectivity index (χ4v) is 1.72. The first-order valence-corrected chi connectivity index (χ1v) is 5.45. The Morgan fingerprint density at radius 1 is 1.19 bits per heavy atom. The van der Waals surface area contributed by atoms with Crippen molar-refractivity contribution in [2.24, 2.45) is 0 Å². The van der Waals surface area contributed by atoms with Gasteiger partial charge in [-0.3, -0.25) is 4.79 Å². The molecule has 82 valence electrons. The zero-order valence-corrected chi connectivity index (χ0v) is 9.62. The Balaban J connectivity index is 2.48. The van der Waals surface area contributed by atoms with Crippen LogP contribution < -0.4 is 4.74 Å². The van der Waals surface area contributed by atoms with Gasteiger partial charge in [0.15, 0.2) is 0 Å². The summed E-state index contributed by atoms with van der Waals surface area (Å²) in [6, 6.07) is 11.1. The summed E-state index contributed by atoms with van der Waals surface area (Å²) in [7, 11) is 0. The molecule has 0 radical (unpaired) electrons. The fourth-order valence-electron chi connectivity index (χ4n) is 1.60. The summed E-state index contributed by atoms with van der Waals surface area (Å²) < 4.78 is 5.40. The average molecular weight is 235 g/mol. The lowest BCUT2D eigenvalue weighted by Crippen LogP contribution is -1.91. The quantitative estimate of drug-likeness (QED) is 0.759. The Bertz CT molecular complexity index is 534. The van der Waals surface area contributed by atoms with E-state index in [2.05, 4.69) is 0 Å². The van der Waals surface area contributed by atoms with E-state index < -0.39 is 5.24 Å². The summed E-state index contributed by atoms with van der Waals surface area (Å²) in [4.78, 5) is 11.0. The number of rotatable bonds is 3. The molecule has 0 N–H and O–H groups in total. The molecule has 0 spiro atoms. The summed E-state index contributed by atoms with van der Waals surface area (Å²) in [5.74, 6) is 0.833. The molecule has 0 aromatic heterocycles. The van der Waals surface area contributed by atoms with Crippen molar-refractivity contribution in [1.29, 1.82) is 0 Å². The predicted molar refractivity (Wildman–Crippen MR) is 65.3 cm³/mol. The molecule has 0 aliphatic rings. The topological polar surface area (TPSA) is 26.3 Å². The van der Waals surface area contributed by atoms with Crippen LogP contribution in [0.1, 0.15) is 17.3 Å². The molecule has 0 unspecified atom stereocenters. The van der Waals surface area contributed by atoms with Crippen LogP contribution in [0.15, 0.2) is 36.4 Å². The minimum Gasteiger partial charge on any atom is -0.494 e. The molecule has 3 heteroatoms. The third-order valence-electron chi connectivity index (χ3n) is 2.35. The van der Waals surface area contributed by atoms with E-state index in [0.717, 1.165) is 16.5 Å². The van der Waals surface area contributed by atoms with Crippen LogP contribution >= 0.6 is 11.6 Å². The van der Waals surface area contributed by atoms with Crippen LogP contribution in [-0.4, -0.2) is 11.8 Å². The number of hydrogen-bond acceptors (Lipinski definition) is 2. The van der Waals surface area contributed by atoms with Crippen molar-refractivity contribution in [1.82, 2.24) is 0 Å². The summed E-state index contributed by atoms with van der Waals surface area (Å²) in [5.41, 5.74) is 0.512. The summed E-state index contributed by atoms with van der Waals surface area (Å²) in [6.07, 6.45) is 0. The van der Waals surface area contributed by atoms with E-state index in [0.29, 0.717) is 12.2 Å². The Morgan fingerprint density at radius 2 is 1.88 bits per heavy atom. The number of halogens is 1. The van der Waals surface area contributed by atoms with Gasteiger partial charge in [-0.25, -0.2) is 0 Å². The van der Waals surface area contributed by atoms with Crippen LogP contribution in [0.4, 0.5) is 0 Å². The van der Waals surface area contributed by atoms with Crippen LogP contribution in [0.5, 0.6) is 5.75 Å². The van der Waals surface area contributed by atoms with Crippen LogP contribution in [0.3, 0.4) is 0 Å². The van der Waals surface area contributed by atoms with Crippen LogP contribution in [0.2, 0.25) is 0 Å². The standard InChI is InChI=1S/C13H11ClO2/c1-2-16-12-6-5-9-7-11(13(14)15)4-3-10(9)8-12/h3-8H,2H2,1H3. The predicted octanol–water partition coefficient (Wildman–Crippen LogP) is 3.62. The molecule has 16 heavy (non-hydrogen) atoms. The van der Waals surface area contributed by atoms with Gasteiger partial charge in [0.25, 0.3) is 5.24 Å². The lowest BCUT2D eigenvalue weighted by atomic mass is 10.1. The van der Waals surface area contributed by atoms with Crippen molar-refractivity contribution in [3.8, 4) is 5.75 Å². The molecule has 0 aliphatic heterocycles. The monoisotopic (exact) mass is 234 g/mol. The van der Waals surface area contributed by atoms with E-state index in [1.807, 2.05) is 31.2 Å². The van der Waals surface area contributed by atoms with Crippen molar-refractivity contribution in [2.45, 2.75) is 6.92 Å². The highest BCUT2D eigenvalue weighted by molar-refractivity contribution is 6.67. The normalized spacial score (nSPS) is 10.4. The molecule has 2 aromatic rings. The molecule has 2 nitrogen and oxygen atoms in total. The van der Waals surface area contributed by atoms with Gasteiger partial charge < -0.3 is 4.74 Å². The van der Waals surface area contributed by atoms with E-state index in [1.54, 1.807) is 12.1 Å². The average Bonchev–Trinajstić information content (AvgIpc) is 2.28. The molecule has 0 bridgehead atoms. The van der Waals surface area contributed by atoms with Crippen LogP contribution in [-0.2, 0) is 0 Å². The second-order valence-electron chi connectivity index (χ2n) is 3.43. The van der Waals surface area contributed by atoms with Gasteiger partial charge in [-0.1, -0.05) is 12.1 Å². The number of carbonyl (C=O) groups excluding carboxylic acids is 1. The molecular weight excluding hydrogens is 224 g/mol. The third kappa shape index (κ3) is 2.17. The zero-order valence-electron chi connectivity index (χ0n) is 8.87. The lowest BCUT2D eigenvalue weighted by molar-refractivity contribution is 0.108. The zero-order chi connectivity index (χ0) is 11.5. The molecular formula is C13H11ClO2. The summed E-state index contributed by atoms with van der Waals surface area (Å²) in [5, 5.41) is 1.58. The van der Waals surface area contributed by atoms with Crippen molar-refractivity contribution in [2.75, 3.05) is 6.61 Å². The number of ether oxygens (including phenoxy) is 1. The van der Waals surface area contributed by atoms with Gasteiger partial charge in [0.2, 0.25) is 0 Å². The first-order chi connectivity index (χ1) is 7.70. The fraction of sp³-hybridized carbons (Fsp3) is 0.154. The second-order valence-corrected chi connectivity index (χ2v) is 3.77. The van der Waals surface area contributed by atoms with Crippen molar-refractivity contribution < 1.29 is 9.53 Å². The number of hydrogen-bond donors (Lipinski definition) is 0. The molecule has 0 fully saturated rings. The highest BCUT2D eigenvalue weighted by Crippen LogP contribution is 2.22. The first-order valence-electron chi connectivity index (χ1n) is 5.07. The van der Waals surface area contributed by atoms with Gasteiger partial charge in [-0.05, 0) is 53.6 Å². The van der Waals surface area contributed by atoms with Crippen molar-refractivity contribution >= 4 is 27.6 Å². The van der Waals surface area contributed by atoms with Gasteiger partial charge in [0, 0.05) is 5.56 Å². The number of carbonyl (C=O) groups is 1. The van der Waals surface area contributed by atoms with Gasteiger partial charge in [-0.2, -0.15) is 0 Å². The van der Waals surface area contributed by atoms with Gasteiger partial charge in [0.05, 0.1) is 6.61 Å². The molecule has 0 heterocycles. The highest BCUT2D eigenvalue weighted by Gasteiger charge is 2.03. The Kier molecular flexibility index (Phi) is 3.11. The Labute approximate surface area is 98.8 Å².